The smallest absolute Gasteiger partial charge is 0.477 e. The summed E-state index contributed by atoms with van der Waals surface area (Å²) >= 11 is 0. The summed E-state index contributed by atoms with van der Waals surface area (Å²) in [5.74, 6) is -2.27. The van der Waals surface area contributed by atoms with Gasteiger partial charge < -0.3 is 9.29 Å². The van der Waals surface area contributed by atoms with Crippen LogP contribution in [0.5, 0.6) is 5.75 Å². The fourth-order valence-corrected chi connectivity index (χ4v) is 3.48. The molecule has 0 spiro atoms. The summed E-state index contributed by atoms with van der Waals surface area (Å²) in [4.78, 5) is 25.9. The van der Waals surface area contributed by atoms with E-state index in [1.54, 1.807) is 0 Å². The Morgan fingerprint density at radius 3 is 2.43 bits per heavy atom. The Labute approximate surface area is 156 Å². The summed E-state index contributed by atoms with van der Waals surface area (Å²) in [6.07, 6.45) is 2.69. The molecular weight excluding hydrogens is 405 g/mol. The molecule has 1 fully saturated rings. The van der Waals surface area contributed by atoms with Crippen LogP contribution in [0.4, 0.5) is 13.2 Å². The number of rotatable bonds is 5. The van der Waals surface area contributed by atoms with Gasteiger partial charge in [0.2, 0.25) is 0 Å². The maximum Gasteiger partial charge on any atom is 0.534 e. The summed E-state index contributed by atoms with van der Waals surface area (Å²) in [5.41, 5.74) is -6.51. The molecule has 0 amide bonds. The van der Waals surface area contributed by atoms with Gasteiger partial charge in [-0.3, -0.25) is 14.1 Å². The molecule has 1 N–H and O–H groups in total. The first-order valence-electron chi connectivity index (χ1n) is 8.14. The van der Waals surface area contributed by atoms with Crippen molar-refractivity contribution in [1.82, 2.24) is 9.30 Å². The lowest BCUT2D eigenvalue weighted by atomic mass is 10.1. The first kappa shape index (κ1) is 20.1. The molecule has 1 aliphatic heterocycles. The summed E-state index contributed by atoms with van der Waals surface area (Å²) < 4.78 is 64.7. The van der Waals surface area contributed by atoms with Crippen LogP contribution in [0.15, 0.2) is 29.2 Å². The number of nitrogens with zero attached hydrogens (tertiary/aromatic N) is 2. The monoisotopic (exact) mass is 420 g/mol. The van der Waals surface area contributed by atoms with Crippen molar-refractivity contribution in [3.05, 3.63) is 45.9 Å². The summed E-state index contributed by atoms with van der Waals surface area (Å²) in [5, 5.41) is 9.27. The predicted molar refractivity (Wildman–Crippen MR) is 90.7 cm³/mol. The van der Waals surface area contributed by atoms with Crippen molar-refractivity contribution in [2.24, 2.45) is 0 Å². The third kappa shape index (κ3) is 3.83. The molecule has 0 radical (unpaired) electrons. The Bertz CT molecular complexity index is 1090. The minimum atomic E-state index is -5.93. The molecule has 0 saturated carbocycles. The second-order valence-corrected chi connectivity index (χ2v) is 7.82. The van der Waals surface area contributed by atoms with Crippen molar-refractivity contribution in [2.45, 2.75) is 24.9 Å². The molecule has 12 heteroatoms. The molecule has 0 unspecified atom stereocenters. The number of hydrogen-bond donors (Lipinski definition) is 1. The standard InChI is InChI=1S/C16H15F3N2O6S/c17-16(18,19)28(25,26)27-11-3-4-13-10(8-20-5-1-2-6-20)7-12(15(23)24)14(22)21(13)9-11/h3-4,7,9H,1-2,5-6,8H2,(H,23,24). The van der Waals surface area contributed by atoms with E-state index in [2.05, 4.69) is 4.18 Å². The molecule has 0 aromatic carbocycles. The molecule has 2 aromatic heterocycles. The van der Waals surface area contributed by atoms with Crippen LogP contribution < -0.4 is 9.74 Å². The molecule has 152 valence electrons. The Balaban J connectivity index is 2.12. The molecule has 0 bridgehead atoms. The van der Waals surface area contributed by atoms with Gasteiger partial charge in [0.05, 0.1) is 11.7 Å². The van der Waals surface area contributed by atoms with Crippen molar-refractivity contribution in [3.63, 3.8) is 0 Å². The van der Waals surface area contributed by atoms with E-state index < -0.39 is 38.5 Å². The highest BCUT2D eigenvalue weighted by molar-refractivity contribution is 7.88. The fraction of sp³-hybridized carbons (Fsp3) is 0.375. The number of halogens is 3. The number of hydrogen-bond acceptors (Lipinski definition) is 6. The zero-order valence-electron chi connectivity index (χ0n) is 14.3. The number of carboxylic acids is 1. The van der Waals surface area contributed by atoms with Gasteiger partial charge in [-0.1, -0.05) is 0 Å². The van der Waals surface area contributed by atoms with Gasteiger partial charge in [-0.25, -0.2) is 4.79 Å². The van der Waals surface area contributed by atoms with Gasteiger partial charge in [-0.05, 0) is 49.7 Å². The Kier molecular flexibility index (Phi) is 5.10. The molecule has 3 heterocycles. The van der Waals surface area contributed by atoms with Crippen LogP contribution in [0.2, 0.25) is 0 Å². The first-order chi connectivity index (χ1) is 13.0. The van der Waals surface area contributed by atoms with Crippen molar-refractivity contribution in [3.8, 4) is 5.75 Å². The number of fused-ring (bicyclic) bond motifs is 1. The van der Waals surface area contributed by atoms with E-state index in [4.69, 9.17) is 0 Å². The first-order valence-corrected chi connectivity index (χ1v) is 9.55. The van der Waals surface area contributed by atoms with Gasteiger partial charge in [0.1, 0.15) is 5.56 Å². The number of pyridine rings is 2. The quantitative estimate of drug-likeness (QED) is 0.581. The van der Waals surface area contributed by atoms with E-state index in [-0.39, 0.29) is 5.52 Å². The Morgan fingerprint density at radius 1 is 1.21 bits per heavy atom. The maximum atomic E-state index is 12.5. The highest BCUT2D eigenvalue weighted by Crippen LogP contribution is 2.27. The van der Waals surface area contributed by atoms with Crippen molar-refractivity contribution < 1.29 is 35.7 Å². The second kappa shape index (κ2) is 7.09. The van der Waals surface area contributed by atoms with Crippen LogP contribution in [0.25, 0.3) is 5.52 Å². The lowest BCUT2D eigenvalue weighted by Crippen LogP contribution is -2.29. The van der Waals surface area contributed by atoms with Crippen LogP contribution in [0, 0.1) is 0 Å². The topological polar surface area (TPSA) is 105 Å². The lowest BCUT2D eigenvalue weighted by Gasteiger charge is -2.17. The van der Waals surface area contributed by atoms with Gasteiger partial charge in [0.25, 0.3) is 5.56 Å². The third-order valence-electron chi connectivity index (χ3n) is 4.33. The zero-order valence-corrected chi connectivity index (χ0v) is 15.1. The van der Waals surface area contributed by atoms with E-state index in [0.717, 1.165) is 42.6 Å². The summed E-state index contributed by atoms with van der Waals surface area (Å²) in [6.45, 7) is 1.92. The average molecular weight is 420 g/mol. The van der Waals surface area contributed by atoms with Gasteiger partial charge in [-0.2, -0.15) is 21.6 Å². The molecule has 8 nitrogen and oxygen atoms in total. The number of carbonyl (C=O) groups is 1. The Hall–Kier alpha value is -2.60. The molecular formula is C16H15F3N2O6S. The number of alkyl halides is 3. The van der Waals surface area contributed by atoms with E-state index in [1.165, 1.54) is 12.1 Å². The largest absolute Gasteiger partial charge is 0.534 e. The SMILES string of the molecule is O=C(O)c1cc(CN2CCCC2)c2ccc(OS(=O)(=O)C(F)(F)F)cn2c1=O. The Morgan fingerprint density at radius 2 is 1.86 bits per heavy atom. The molecule has 0 atom stereocenters. The van der Waals surface area contributed by atoms with Gasteiger partial charge >= 0.3 is 21.6 Å². The van der Waals surface area contributed by atoms with Crippen LogP contribution >= 0.6 is 0 Å². The highest BCUT2D eigenvalue weighted by atomic mass is 32.2. The fourth-order valence-electron chi connectivity index (χ4n) is 3.04. The summed E-state index contributed by atoms with van der Waals surface area (Å²) in [7, 11) is -5.93. The van der Waals surface area contributed by atoms with Gasteiger partial charge in [0.15, 0.2) is 5.75 Å². The molecule has 0 aliphatic carbocycles. The van der Waals surface area contributed by atoms with E-state index in [1.807, 2.05) is 4.90 Å². The molecule has 1 aliphatic rings. The van der Waals surface area contributed by atoms with E-state index in [0.29, 0.717) is 12.1 Å². The van der Waals surface area contributed by atoms with Crippen LogP contribution in [-0.2, 0) is 16.7 Å². The van der Waals surface area contributed by atoms with Gasteiger partial charge in [0, 0.05) is 6.54 Å². The highest BCUT2D eigenvalue weighted by Gasteiger charge is 2.48. The number of carboxylic acid groups (broad SMARTS) is 1. The van der Waals surface area contributed by atoms with Crippen molar-refractivity contribution >= 4 is 21.6 Å². The van der Waals surface area contributed by atoms with Gasteiger partial charge in [-0.15, -0.1) is 0 Å². The molecule has 2 aromatic rings. The van der Waals surface area contributed by atoms with Crippen LogP contribution in [0.1, 0.15) is 28.8 Å². The van der Waals surface area contributed by atoms with E-state index in [9.17, 15) is 36.3 Å². The molecule has 28 heavy (non-hydrogen) atoms. The van der Waals surface area contributed by atoms with Crippen molar-refractivity contribution in [1.29, 1.82) is 0 Å². The molecule has 1 saturated heterocycles. The zero-order chi connectivity index (χ0) is 20.7. The van der Waals surface area contributed by atoms with Crippen LogP contribution in [0.3, 0.4) is 0 Å². The summed E-state index contributed by atoms with van der Waals surface area (Å²) in [6, 6.07) is 3.43. The average Bonchev–Trinajstić information content (AvgIpc) is 3.09. The molecule has 3 rings (SSSR count). The predicted octanol–water partition coefficient (Wildman–Crippen LogP) is 1.82. The van der Waals surface area contributed by atoms with E-state index >= 15 is 0 Å². The number of likely N-dealkylation sites (tertiary alicyclic amines) is 1. The normalized spacial score (nSPS) is 15.8. The lowest BCUT2D eigenvalue weighted by molar-refractivity contribution is -0.0500. The van der Waals surface area contributed by atoms with Crippen LogP contribution in [-0.4, -0.2) is 47.4 Å². The second-order valence-electron chi connectivity index (χ2n) is 6.28. The number of aromatic nitrogens is 1. The van der Waals surface area contributed by atoms with Crippen molar-refractivity contribution in [2.75, 3.05) is 13.1 Å². The third-order valence-corrected chi connectivity index (χ3v) is 5.31. The minimum Gasteiger partial charge on any atom is -0.477 e. The maximum absolute atomic E-state index is 12.5. The minimum absolute atomic E-state index is 0.249. The number of aromatic carboxylic acids is 1.